The molecule has 0 amide bonds. The van der Waals surface area contributed by atoms with Crippen LogP contribution in [0.5, 0.6) is 0 Å². The topological polar surface area (TPSA) is 26.0 Å². The Hall–Kier alpha value is -0.0000000000000000555. The quantitative estimate of drug-likeness (QED) is 0.626. The number of fused-ring (bicyclic) bond motifs is 1. The van der Waals surface area contributed by atoms with Gasteiger partial charge in [-0.3, -0.25) is 0 Å². The highest BCUT2D eigenvalue weighted by atomic mass is 127. The van der Waals surface area contributed by atoms with Crippen molar-refractivity contribution in [1.29, 1.82) is 0 Å². The van der Waals surface area contributed by atoms with Gasteiger partial charge in [-0.05, 0) is 40.8 Å². The van der Waals surface area contributed by atoms with E-state index in [9.17, 15) is 0 Å². The van der Waals surface area contributed by atoms with Crippen molar-refractivity contribution in [2.75, 3.05) is 5.73 Å². The Balaban J connectivity index is 2.80. The number of rotatable bonds is 1. The van der Waals surface area contributed by atoms with Crippen molar-refractivity contribution in [2.24, 2.45) is 0 Å². The molecule has 0 aliphatic heterocycles. The summed E-state index contributed by atoms with van der Waals surface area (Å²) in [5.41, 5.74) is 6.92. The van der Waals surface area contributed by atoms with Gasteiger partial charge in [0.05, 0.1) is 10.9 Å². The van der Waals surface area contributed by atoms with Crippen molar-refractivity contribution in [1.82, 2.24) is 0 Å². The fraction of sp³-hybridized carbons (Fsp3) is 0.111. The fourth-order valence-corrected chi connectivity index (χ4v) is 3.11. The van der Waals surface area contributed by atoms with Gasteiger partial charge in [0.15, 0.2) is 0 Å². The molecular formula is C9H7ClINS. The molecule has 0 saturated heterocycles. The lowest BCUT2D eigenvalue weighted by atomic mass is 10.2. The van der Waals surface area contributed by atoms with Gasteiger partial charge in [0.1, 0.15) is 0 Å². The molecule has 1 aromatic carbocycles. The van der Waals surface area contributed by atoms with Gasteiger partial charge in [-0.15, -0.1) is 22.9 Å². The highest BCUT2D eigenvalue weighted by Gasteiger charge is 2.08. The minimum Gasteiger partial charge on any atom is -0.390 e. The standard InChI is InChI=1S/C9H7ClINS/c10-4-7-6-3-5(11)1-2-8(6)13-9(7)12/h1-3H,4,12H2. The maximum absolute atomic E-state index is 5.85. The molecule has 1 heterocycles. The van der Waals surface area contributed by atoms with E-state index in [1.165, 1.54) is 13.7 Å². The van der Waals surface area contributed by atoms with Gasteiger partial charge in [0.25, 0.3) is 0 Å². The molecule has 0 unspecified atom stereocenters. The summed E-state index contributed by atoms with van der Waals surface area (Å²) in [5.74, 6) is 0.492. The van der Waals surface area contributed by atoms with E-state index in [-0.39, 0.29) is 0 Å². The van der Waals surface area contributed by atoms with E-state index >= 15 is 0 Å². The van der Waals surface area contributed by atoms with Crippen LogP contribution in [-0.2, 0) is 5.88 Å². The van der Waals surface area contributed by atoms with E-state index < -0.39 is 0 Å². The number of hydrogen-bond acceptors (Lipinski definition) is 2. The Bertz CT molecular complexity index is 452. The zero-order valence-electron chi connectivity index (χ0n) is 6.68. The Morgan fingerprint density at radius 3 is 2.92 bits per heavy atom. The first kappa shape index (κ1) is 9.55. The van der Waals surface area contributed by atoms with E-state index in [2.05, 4.69) is 40.8 Å². The Kier molecular flexibility index (Phi) is 2.67. The molecule has 1 nitrogen and oxygen atoms in total. The molecule has 0 bridgehead atoms. The SMILES string of the molecule is Nc1sc2ccc(I)cc2c1CCl. The molecule has 0 aliphatic rings. The van der Waals surface area contributed by atoms with Crippen molar-refractivity contribution in [3.63, 3.8) is 0 Å². The van der Waals surface area contributed by atoms with E-state index in [0.717, 1.165) is 10.6 Å². The molecule has 2 N–H and O–H groups in total. The summed E-state index contributed by atoms with van der Waals surface area (Å²) in [7, 11) is 0. The molecule has 68 valence electrons. The van der Waals surface area contributed by atoms with E-state index in [4.69, 9.17) is 17.3 Å². The number of nitrogens with two attached hydrogens (primary N) is 1. The maximum atomic E-state index is 5.85. The normalized spacial score (nSPS) is 10.9. The summed E-state index contributed by atoms with van der Waals surface area (Å²) in [6.07, 6.45) is 0. The fourth-order valence-electron chi connectivity index (χ4n) is 1.28. The Labute approximate surface area is 99.0 Å². The lowest BCUT2D eigenvalue weighted by molar-refractivity contribution is 1.49. The molecule has 0 fully saturated rings. The number of thiophene rings is 1. The van der Waals surface area contributed by atoms with Gasteiger partial charge in [-0.25, -0.2) is 0 Å². The van der Waals surface area contributed by atoms with E-state index in [1.807, 2.05) is 0 Å². The molecule has 1 aromatic heterocycles. The number of halogens is 2. The van der Waals surface area contributed by atoms with Crippen LogP contribution in [0.4, 0.5) is 5.00 Å². The van der Waals surface area contributed by atoms with Crippen LogP contribution >= 0.6 is 45.5 Å². The largest absolute Gasteiger partial charge is 0.390 e. The number of nitrogen functional groups attached to an aromatic ring is 1. The van der Waals surface area contributed by atoms with Crippen molar-refractivity contribution in [3.05, 3.63) is 27.3 Å². The minimum atomic E-state index is 0.492. The Morgan fingerprint density at radius 1 is 1.46 bits per heavy atom. The van der Waals surface area contributed by atoms with Crippen LogP contribution in [0, 0.1) is 3.57 Å². The van der Waals surface area contributed by atoms with Crippen LogP contribution in [0.25, 0.3) is 10.1 Å². The Morgan fingerprint density at radius 2 is 2.23 bits per heavy atom. The molecule has 0 saturated carbocycles. The van der Waals surface area contributed by atoms with Crippen LogP contribution in [0.3, 0.4) is 0 Å². The summed E-state index contributed by atoms with van der Waals surface area (Å²) in [6.45, 7) is 0. The average Bonchev–Trinajstić information content (AvgIpc) is 2.40. The van der Waals surface area contributed by atoms with E-state index in [1.54, 1.807) is 11.3 Å². The van der Waals surface area contributed by atoms with Gasteiger partial charge in [0.2, 0.25) is 0 Å². The summed E-state index contributed by atoms with van der Waals surface area (Å²) < 4.78 is 2.43. The van der Waals surface area contributed by atoms with Gasteiger partial charge < -0.3 is 5.73 Å². The second-order valence-corrected chi connectivity index (χ2v) is 5.32. The summed E-state index contributed by atoms with van der Waals surface area (Å²) >= 11 is 9.72. The summed E-state index contributed by atoms with van der Waals surface area (Å²) in [5, 5.41) is 2.04. The third-order valence-electron chi connectivity index (χ3n) is 1.92. The van der Waals surface area contributed by atoms with E-state index in [0.29, 0.717) is 5.88 Å². The monoisotopic (exact) mass is 323 g/mol. The predicted octanol–water partition coefficient (Wildman–Crippen LogP) is 3.83. The average molecular weight is 324 g/mol. The zero-order valence-corrected chi connectivity index (χ0v) is 10.4. The van der Waals surface area contributed by atoms with Gasteiger partial charge >= 0.3 is 0 Å². The molecule has 2 aromatic rings. The molecule has 0 radical (unpaired) electrons. The molecule has 0 spiro atoms. The first-order valence-corrected chi connectivity index (χ1v) is 6.17. The van der Waals surface area contributed by atoms with Crippen LogP contribution < -0.4 is 5.73 Å². The van der Waals surface area contributed by atoms with Crippen molar-refractivity contribution >= 4 is 60.6 Å². The van der Waals surface area contributed by atoms with Crippen LogP contribution in [-0.4, -0.2) is 0 Å². The van der Waals surface area contributed by atoms with Crippen molar-refractivity contribution in [2.45, 2.75) is 5.88 Å². The van der Waals surface area contributed by atoms with Gasteiger partial charge in [-0.1, -0.05) is 0 Å². The maximum Gasteiger partial charge on any atom is 0.0913 e. The predicted molar refractivity (Wildman–Crippen MR) is 68.5 cm³/mol. The summed E-state index contributed by atoms with van der Waals surface area (Å²) in [4.78, 5) is 0. The van der Waals surface area contributed by atoms with Crippen LogP contribution in [0.1, 0.15) is 5.56 Å². The van der Waals surface area contributed by atoms with Crippen molar-refractivity contribution < 1.29 is 0 Å². The molecule has 4 heteroatoms. The second-order valence-electron chi connectivity index (χ2n) is 2.72. The lowest BCUT2D eigenvalue weighted by Crippen LogP contribution is -1.84. The molecular weight excluding hydrogens is 317 g/mol. The molecule has 2 rings (SSSR count). The minimum absolute atomic E-state index is 0.492. The summed E-state index contributed by atoms with van der Waals surface area (Å²) in [6, 6.07) is 6.30. The molecule has 13 heavy (non-hydrogen) atoms. The van der Waals surface area contributed by atoms with Gasteiger partial charge in [0, 0.05) is 19.2 Å². The molecule has 0 atom stereocenters. The first-order chi connectivity index (χ1) is 6.22. The van der Waals surface area contributed by atoms with Crippen LogP contribution in [0.15, 0.2) is 18.2 Å². The third kappa shape index (κ3) is 1.65. The number of benzene rings is 1. The molecule has 0 aliphatic carbocycles. The highest BCUT2D eigenvalue weighted by molar-refractivity contribution is 14.1. The number of hydrogen-bond donors (Lipinski definition) is 1. The zero-order chi connectivity index (χ0) is 9.42. The van der Waals surface area contributed by atoms with Gasteiger partial charge in [-0.2, -0.15) is 0 Å². The third-order valence-corrected chi connectivity index (χ3v) is 3.90. The smallest absolute Gasteiger partial charge is 0.0913 e. The van der Waals surface area contributed by atoms with Crippen molar-refractivity contribution in [3.8, 4) is 0 Å². The van der Waals surface area contributed by atoms with Crippen LogP contribution in [0.2, 0.25) is 0 Å². The number of anilines is 1. The highest BCUT2D eigenvalue weighted by Crippen LogP contribution is 2.35. The lowest BCUT2D eigenvalue weighted by Gasteiger charge is -1.94. The number of alkyl halides is 1. The first-order valence-electron chi connectivity index (χ1n) is 3.74. The second kappa shape index (κ2) is 3.63.